The minimum Gasteiger partial charge on any atom is -0.441 e. The van der Waals surface area contributed by atoms with Gasteiger partial charge in [-0.3, -0.25) is 0 Å². The van der Waals surface area contributed by atoms with Crippen LogP contribution in [0.15, 0.2) is 138 Å². The normalized spacial score (nSPS) is 11.1. The smallest absolute Gasteiger partial charge is 0.195 e. The van der Waals surface area contributed by atoms with E-state index in [0.29, 0.717) is 5.82 Å². The van der Waals surface area contributed by atoms with E-state index >= 15 is 0 Å². The quantitative estimate of drug-likeness (QED) is 0.215. The lowest BCUT2D eigenvalue weighted by Crippen LogP contribution is -1.97. The first kappa shape index (κ1) is 24.7. The Morgan fingerprint density at radius 2 is 1.07 bits per heavy atom. The zero-order valence-electron chi connectivity index (χ0n) is 22.7. The third-order valence-electron chi connectivity index (χ3n) is 7.29. The molecule has 0 unspecified atom stereocenters. The highest BCUT2D eigenvalue weighted by atomic mass is 16.3. The Hall–Kier alpha value is -5.35. The van der Waals surface area contributed by atoms with Gasteiger partial charge in [0.05, 0.1) is 11.4 Å². The lowest BCUT2D eigenvalue weighted by molar-refractivity contribution is 0.538. The summed E-state index contributed by atoms with van der Waals surface area (Å²) >= 11 is 0. The number of hydrogen-bond acceptors (Lipinski definition) is 4. The molecule has 196 valence electrons. The Labute approximate surface area is 239 Å². The van der Waals surface area contributed by atoms with Gasteiger partial charge in [-0.1, -0.05) is 122 Å². The van der Waals surface area contributed by atoms with Gasteiger partial charge in [0.25, 0.3) is 0 Å². The molecule has 7 aromatic rings. The fraction of sp³-hybridized carbons (Fsp3) is 0.0541. The molecule has 0 radical (unpaired) electrons. The second-order valence-electron chi connectivity index (χ2n) is 9.96. The summed E-state index contributed by atoms with van der Waals surface area (Å²) in [4.78, 5) is 14.8. The minimum atomic E-state index is 0.690. The zero-order chi connectivity index (χ0) is 27.6. The van der Waals surface area contributed by atoms with Crippen LogP contribution in [-0.2, 0) is 6.42 Å². The van der Waals surface area contributed by atoms with Crippen molar-refractivity contribution in [3.63, 3.8) is 0 Å². The second-order valence-corrected chi connectivity index (χ2v) is 9.96. The number of oxazole rings is 1. The van der Waals surface area contributed by atoms with Crippen molar-refractivity contribution in [1.82, 2.24) is 15.0 Å². The molecule has 2 aromatic heterocycles. The van der Waals surface area contributed by atoms with E-state index in [2.05, 4.69) is 108 Å². The molecule has 0 aliphatic rings. The molecule has 41 heavy (non-hydrogen) atoms. The molecule has 0 saturated heterocycles. The Morgan fingerprint density at radius 1 is 0.488 bits per heavy atom. The molecule has 0 amide bonds. The van der Waals surface area contributed by atoms with Gasteiger partial charge in [0.1, 0.15) is 5.52 Å². The van der Waals surface area contributed by atoms with Crippen LogP contribution in [0.3, 0.4) is 0 Å². The summed E-state index contributed by atoms with van der Waals surface area (Å²) in [6.45, 7) is 2.05. The summed E-state index contributed by atoms with van der Waals surface area (Å²) in [5, 5.41) is 0. The summed E-state index contributed by atoms with van der Waals surface area (Å²) in [5.41, 5.74) is 11.0. The third-order valence-corrected chi connectivity index (χ3v) is 7.29. The van der Waals surface area contributed by atoms with E-state index in [1.54, 1.807) is 0 Å². The zero-order valence-corrected chi connectivity index (χ0v) is 22.7. The van der Waals surface area contributed by atoms with Gasteiger partial charge in [-0.25, -0.2) is 15.0 Å². The van der Waals surface area contributed by atoms with Gasteiger partial charge < -0.3 is 4.42 Å². The van der Waals surface area contributed by atoms with Crippen LogP contribution in [0, 0.1) is 0 Å². The van der Waals surface area contributed by atoms with Crippen molar-refractivity contribution >= 4 is 11.1 Å². The van der Waals surface area contributed by atoms with Crippen LogP contribution in [0.2, 0.25) is 0 Å². The Morgan fingerprint density at radius 3 is 1.80 bits per heavy atom. The van der Waals surface area contributed by atoms with Crippen LogP contribution >= 0.6 is 0 Å². The van der Waals surface area contributed by atoms with E-state index in [9.17, 15) is 0 Å². The molecule has 5 aromatic carbocycles. The number of fused-ring (bicyclic) bond motifs is 1. The number of benzene rings is 5. The Balaban J connectivity index is 1.36. The van der Waals surface area contributed by atoms with E-state index in [4.69, 9.17) is 14.4 Å². The topological polar surface area (TPSA) is 51.8 Å². The molecule has 2 heterocycles. The first-order chi connectivity index (χ1) is 20.2. The molecule has 0 fully saturated rings. The molecule has 0 spiro atoms. The molecule has 4 heteroatoms. The average molecular weight is 530 g/mol. The molecule has 0 aliphatic heterocycles. The first-order valence-electron chi connectivity index (χ1n) is 13.8. The van der Waals surface area contributed by atoms with Crippen LogP contribution < -0.4 is 0 Å². The number of rotatable bonds is 6. The van der Waals surface area contributed by atoms with E-state index in [1.165, 1.54) is 5.56 Å². The maximum atomic E-state index is 5.86. The maximum Gasteiger partial charge on any atom is 0.195 e. The lowest BCUT2D eigenvalue weighted by atomic mass is 9.96. The van der Waals surface area contributed by atoms with E-state index in [-0.39, 0.29) is 0 Å². The number of aromatic nitrogens is 3. The molecular formula is C37H27N3O. The number of hydrogen-bond donors (Lipinski definition) is 0. The third kappa shape index (κ3) is 4.92. The van der Waals surface area contributed by atoms with Gasteiger partial charge in [0.2, 0.25) is 0 Å². The fourth-order valence-corrected chi connectivity index (χ4v) is 5.17. The largest absolute Gasteiger partial charge is 0.441 e. The standard InChI is InChI=1S/C37H27N3O/c1-2-36-38-34-23-29(21-22-35(34)41-36)30-15-9-10-16-31(30)33-24-32(27-13-7-4-8-14-27)39-37(40-33)28-19-17-26(18-20-28)25-11-5-3-6-12-25/h3-24H,2H2,1H3. The lowest BCUT2D eigenvalue weighted by Gasteiger charge is -2.13. The molecule has 4 nitrogen and oxygen atoms in total. The Kier molecular flexibility index (Phi) is 6.42. The molecule has 0 aliphatic carbocycles. The summed E-state index contributed by atoms with van der Waals surface area (Å²) in [6.07, 6.45) is 0.763. The predicted octanol–water partition coefficient (Wildman–Crippen LogP) is 9.52. The monoisotopic (exact) mass is 529 g/mol. The predicted molar refractivity (Wildman–Crippen MR) is 166 cm³/mol. The van der Waals surface area contributed by atoms with Gasteiger partial charge >= 0.3 is 0 Å². The van der Waals surface area contributed by atoms with E-state index in [0.717, 1.165) is 68.2 Å². The van der Waals surface area contributed by atoms with Gasteiger partial charge in [-0.15, -0.1) is 0 Å². The molecular weight excluding hydrogens is 502 g/mol. The van der Waals surface area contributed by atoms with Crippen molar-refractivity contribution in [2.24, 2.45) is 0 Å². The van der Waals surface area contributed by atoms with Crippen molar-refractivity contribution in [3.05, 3.63) is 139 Å². The summed E-state index contributed by atoms with van der Waals surface area (Å²) in [6, 6.07) is 45.8. The molecule has 7 rings (SSSR count). The highest BCUT2D eigenvalue weighted by Gasteiger charge is 2.15. The molecule has 0 N–H and O–H groups in total. The highest BCUT2D eigenvalue weighted by molar-refractivity contribution is 5.88. The highest BCUT2D eigenvalue weighted by Crippen LogP contribution is 2.35. The fourth-order valence-electron chi connectivity index (χ4n) is 5.17. The molecule has 0 saturated carbocycles. The van der Waals surface area contributed by atoms with E-state index < -0.39 is 0 Å². The van der Waals surface area contributed by atoms with Gasteiger partial charge in [-0.05, 0) is 40.5 Å². The SMILES string of the molecule is CCc1nc2cc(-c3ccccc3-c3cc(-c4ccccc4)nc(-c4ccc(-c5ccccc5)cc4)n3)ccc2o1. The minimum absolute atomic E-state index is 0.690. The number of aryl methyl sites for hydroxylation is 1. The van der Waals surface area contributed by atoms with Crippen LogP contribution in [0.4, 0.5) is 0 Å². The van der Waals surface area contributed by atoms with Crippen molar-refractivity contribution in [2.45, 2.75) is 13.3 Å². The average Bonchev–Trinajstić information content (AvgIpc) is 3.48. The maximum absolute atomic E-state index is 5.86. The van der Waals surface area contributed by atoms with Crippen LogP contribution in [0.5, 0.6) is 0 Å². The summed E-state index contributed by atoms with van der Waals surface area (Å²) < 4.78 is 5.86. The van der Waals surface area contributed by atoms with E-state index in [1.807, 2.05) is 37.3 Å². The van der Waals surface area contributed by atoms with Crippen LogP contribution in [-0.4, -0.2) is 15.0 Å². The van der Waals surface area contributed by atoms with Gasteiger partial charge in [0, 0.05) is 23.1 Å². The van der Waals surface area contributed by atoms with Crippen LogP contribution in [0.25, 0.3) is 67.3 Å². The molecule has 0 bridgehead atoms. The van der Waals surface area contributed by atoms with Gasteiger partial charge in [-0.2, -0.15) is 0 Å². The van der Waals surface area contributed by atoms with Crippen molar-refractivity contribution in [3.8, 4) is 56.2 Å². The second kappa shape index (κ2) is 10.7. The van der Waals surface area contributed by atoms with Gasteiger partial charge in [0.15, 0.2) is 17.3 Å². The Bertz CT molecular complexity index is 1960. The van der Waals surface area contributed by atoms with Crippen molar-refractivity contribution in [1.29, 1.82) is 0 Å². The number of nitrogens with zero attached hydrogens (tertiary/aromatic N) is 3. The summed E-state index contributed by atoms with van der Waals surface area (Å²) in [7, 11) is 0. The molecule has 0 atom stereocenters. The van der Waals surface area contributed by atoms with Crippen molar-refractivity contribution < 1.29 is 4.42 Å². The van der Waals surface area contributed by atoms with Crippen LogP contribution in [0.1, 0.15) is 12.8 Å². The summed E-state index contributed by atoms with van der Waals surface area (Å²) in [5.74, 6) is 1.44. The first-order valence-corrected chi connectivity index (χ1v) is 13.8. The van der Waals surface area contributed by atoms with Crippen molar-refractivity contribution in [2.75, 3.05) is 0 Å².